The summed E-state index contributed by atoms with van der Waals surface area (Å²) < 4.78 is 0. The first kappa shape index (κ1) is 21.0. The number of anilines is 2. The van der Waals surface area contributed by atoms with E-state index in [2.05, 4.69) is 41.4 Å². The van der Waals surface area contributed by atoms with E-state index in [1.54, 1.807) is 12.4 Å². The molecule has 5 rings (SSSR count). The van der Waals surface area contributed by atoms with Crippen LogP contribution in [0.25, 0.3) is 21.5 Å². The Labute approximate surface area is 194 Å². The molecule has 0 unspecified atom stereocenters. The predicted octanol–water partition coefficient (Wildman–Crippen LogP) is 4.48. The number of fused-ring (bicyclic) bond motifs is 2. The Morgan fingerprint density at radius 3 is 1.71 bits per heavy atom. The Bertz CT molecular complexity index is 1420. The summed E-state index contributed by atoms with van der Waals surface area (Å²) >= 11 is 0. The number of hydrogen-bond acceptors (Lipinski definition) is 9. The van der Waals surface area contributed by atoms with Gasteiger partial charge in [0, 0.05) is 32.7 Å². The highest BCUT2D eigenvalue weighted by Crippen LogP contribution is 2.23. The van der Waals surface area contributed by atoms with E-state index in [9.17, 15) is 5.11 Å². The van der Waals surface area contributed by atoms with Gasteiger partial charge in [-0.1, -0.05) is 48.5 Å². The molecule has 34 heavy (non-hydrogen) atoms. The van der Waals surface area contributed by atoms with Gasteiger partial charge in [0.05, 0.1) is 24.8 Å². The van der Waals surface area contributed by atoms with Crippen LogP contribution in [-0.2, 0) is 0 Å². The number of aryl methyl sites for hydroxylation is 1. The second kappa shape index (κ2) is 9.29. The molecule has 0 amide bonds. The number of hydrazone groups is 2. The minimum absolute atomic E-state index is 0.0507. The molecular weight excluding hydrogens is 428 g/mol. The Hall–Kier alpha value is -4.92. The van der Waals surface area contributed by atoms with Gasteiger partial charge in [0.15, 0.2) is 11.6 Å². The van der Waals surface area contributed by atoms with Crippen molar-refractivity contribution in [3.63, 3.8) is 0 Å². The van der Waals surface area contributed by atoms with Crippen molar-refractivity contribution >= 4 is 45.6 Å². The van der Waals surface area contributed by atoms with E-state index in [1.807, 2.05) is 67.6 Å². The summed E-state index contributed by atoms with van der Waals surface area (Å²) in [6.45, 7) is 1.93. The van der Waals surface area contributed by atoms with Crippen LogP contribution in [0.15, 0.2) is 83.3 Å². The number of aromatic nitrogens is 4. The number of aromatic hydroxyl groups is 1. The second-order valence-corrected chi connectivity index (χ2v) is 7.59. The minimum Gasteiger partial charge on any atom is -0.507 e. The number of benzene rings is 3. The first-order valence-electron chi connectivity index (χ1n) is 10.5. The first-order valence-corrected chi connectivity index (χ1v) is 10.5. The van der Waals surface area contributed by atoms with Crippen molar-refractivity contribution in [2.24, 2.45) is 10.2 Å². The summed E-state index contributed by atoms with van der Waals surface area (Å²) in [5, 5.41) is 39.2. The standard InChI is InChI=1S/C25H20N8O/c1-16-10-19(14-28-32-24-21-8-4-2-6-17(21)12-26-30-24)23(34)20(11-16)15-29-33-25-22-9-5-3-7-18(22)13-27-31-25/h2-15,34H,1H3,(H,30,32)(H,31,33)/b28-14-,29-15-. The monoisotopic (exact) mass is 448 g/mol. The van der Waals surface area contributed by atoms with E-state index >= 15 is 0 Å². The van der Waals surface area contributed by atoms with Gasteiger partial charge in [-0.05, 0) is 24.6 Å². The molecule has 0 saturated heterocycles. The quantitative estimate of drug-likeness (QED) is 0.259. The number of phenolic OH excluding ortho intramolecular Hbond substituents is 1. The third kappa shape index (κ3) is 4.35. The highest BCUT2D eigenvalue weighted by atomic mass is 16.3. The van der Waals surface area contributed by atoms with E-state index in [-0.39, 0.29) is 5.75 Å². The maximum absolute atomic E-state index is 10.8. The highest BCUT2D eigenvalue weighted by molar-refractivity contribution is 5.95. The molecule has 3 N–H and O–H groups in total. The summed E-state index contributed by atoms with van der Waals surface area (Å²) in [5.41, 5.74) is 7.82. The Balaban J connectivity index is 1.36. The molecule has 0 aliphatic heterocycles. The van der Waals surface area contributed by atoms with E-state index in [4.69, 9.17) is 0 Å². The normalized spacial score (nSPS) is 11.6. The zero-order valence-corrected chi connectivity index (χ0v) is 18.2. The summed E-state index contributed by atoms with van der Waals surface area (Å²) in [5.74, 6) is 1.11. The van der Waals surface area contributed by atoms with Crippen LogP contribution in [0.3, 0.4) is 0 Å². The lowest BCUT2D eigenvalue weighted by molar-refractivity contribution is 0.473. The van der Waals surface area contributed by atoms with Gasteiger partial charge in [-0.2, -0.15) is 20.4 Å². The van der Waals surface area contributed by atoms with Crippen molar-refractivity contribution in [1.82, 2.24) is 20.4 Å². The Kier molecular flexibility index (Phi) is 5.73. The molecule has 2 aromatic heterocycles. The van der Waals surface area contributed by atoms with Gasteiger partial charge in [-0.3, -0.25) is 10.9 Å². The van der Waals surface area contributed by atoms with Crippen LogP contribution in [0.1, 0.15) is 16.7 Å². The fraction of sp³-hybridized carbons (Fsp3) is 0.0400. The van der Waals surface area contributed by atoms with Gasteiger partial charge in [0.25, 0.3) is 0 Å². The molecule has 0 atom stereocenters. The van der Waals surface area contributed by atoms with Crippen LogP contribution >= 0.6 is 0 Å². The van der Waals surface area contributed by atoms with E-state index < -0.39 is 0 Å². The molecule has 9 nitrogen and oxygen atoms in total. The van der Waals surface area contributed by atoms with Gasteiger partial charge in [0.1, 0.15) is 5.75 Å². The van der Waals surface area contributed by atoms with Crippen molar-refractivity contribution in [2.75, 3.05) is 10.9 Å². The van der Waals surface area contributed by atoms with E-state index in [0.717, 1.165) is 27.1 Å². The topological polar surface area (TPSA) is 121 Å². The lowest BCUT2D eigenvalue weighted by atomic mass is 10.1. The zero-order chi connectivity index (χ0) is 23.3. The van der Waals surface area contributed by atoms with Crippen LogP contribution in [-0.4, -0.2) is 37.9 Å². The number of hydrogen-bond donors (Lipinski definition) is 3. The Morgan fingerprint density at radius 2 is 1.21 bits per heavy atom. The molecule has 0 spiro atoms. The fourth-order valence-electron chi connectivity index (χ4n) is 3.58. The molecule has 0 fully saturated rings. The largest absolute Gasteiger partial charge is 0.507 e. The van der Waals surface area contributed by atoms with Crippen molar-refractivity contribution < 1.29 is 5.11 Å². The molecule has 166 valence electrons. The van der Waals surface area contributed by atoms with Gasteiger partial charge in [0.2, 0.25) is 0 Å². The van der Waals surface area contributed by atoms with Crippen LogP contribution in [0.4, 0.5) is 11.6 Å². The van der Waals surface area contributed by atoms with Crippen molar-refractivity contribution in [2.45, 2.75) is 6.92 Å². The number of phenols is 1. The van der Waals surface area contributed by atoms with E-state index in [1.165, 1.54) is 12.4 Å². The Morgan fingerprint density at radius 1 is 0.735 bits per heavy atom. The van der Waals surface area contributed by atoms with Crippen LogP contribution in [0, 0.1) is 6.92 Å². The maximum Gasteiger partial charge on any atom is 0.176 e. The van der Waals surface area contributed by atoms with Crippen molar-refractivity contribution in [3.8, 4) is 5.75 Å². The summed E-state index contributed by atoms with van der Waals surface area (Å²) in [4.78, 5) is 0. The number of nitrogens with zero attached hydrogens (tertiary/aromatic N) is 6. The number of nitrogens with one attached hydrogen (secondary N) is 2. The van der Waals surface area contributed by atoms with Crippen LogP contribution in [0.5, 0.6) is 5.75 Å². The lowest BCUT2D eigenvalue weighted by Crippen LogP contribution is -1.99. The summed E-state index contributed by atoms with van der Waals surface area (Å²) in [7, 11) is 0. The fourth-order valence-corrected chi connectivity index (χ4v) is 3.58. The third-order valence-corrected chi connectivity index (χ3v) is 5.20. The zero-order valence-electron chi connectivity index (χ0n) is 18.2. The average Bonchev–Trinajstić information content (AvgIpc) is 2.87. The van der Waals surface area contributed by atoms with Crippen LogP contribution in [0.2, 0.25) is 0 Å². The van der Waals surface area contributed by atoms with Gasteiger partial charge >= 0.3 is 0 Å². The second-order valence-electron chi connectivity index (χ2n) is 7.59. The minimum atomic E-state index is 0.0507. The number of rotatable bonds is 6. The molecule has 9 heteroatoms. The molecular formula is C25H20N8O. The SMILES string of the molecule is Cc1cc(/C=N\Nc2nncc3ccccc23)c(O)c(/C=N\Nc2nncc3ccccc23)c1. The highest BCUT2D eigenvalue weighted by Gasteiger charge is 2.07. The van der Waals surface area contributed by atoms with Gasteiger partial charge in [-0.15, -0.1) is 10.2 Å². The molecule has 0 saturated carbocycles. The first-order chi connectivity index (χ1) is 16.7. The summed E-state index contributed by atoms with van der Waals surface area (Å²) in [6.07, 6.45) is 6.46. The van der Waals surface area contributed by atoms with E-state index in [0.29, 0.717) is 22.8 Å². The molecule has 0 aliphatic rings. The van der Waals surface area contributed by atoms with Gasteiger partial charge < -0.3 is 5.11 Å². The third-order valence-electron chi connectivity index (χ3n) is 5.20. The molecule has 0 bridgehead atoms. The molecule has 2 heterocycles. The lowest BCUT2D eigenvalue weighted by Gasteiger charge is -2.07. The maximum atomic E-state index is 10.8. The molecule has 0 aliphatic carbocycles. The molecule has 3 aromatic carbocycles. The van der Waals surface area contributed by atoms with Crippen LogP contribution < -0.4 is 10.9 Å². The van der Waals surface area contributed by atoms with Crippen molar-refractivity contribution in [3.05, 3.63) is 89.7 Å². The summed E-state index contributed by atoms with van der Waals surface area (Å²) in [6, 6.07) is 19.2. The molecule has 5 aromatic rings. The smallest absolute Gasteiger partial charge is 0.176 e. The van der Waals surface area contributed by atoms with Crippen molar-refractivity contribution in [1.29, 1.82) is 0 Å². The van der Waals surface area contributed by atoms with Gasteiger partial charge in [-0.25, -0.2) is 0 Å². The molecule has 0 radical (unpaired) electrons. The average molecular weight is 448 g/mol. The predicted molar refractivity (Wildman–Crippen MR) is 134 cm³/mol.